The lowest BCUT2D eigenvalue weighted by molar-refractivity contribution is -0.389. The standard InChI is InChI=1S/C12H20N4O4/c1-2-3-10(5-7-17)8-13-12(18)9-15-6-4-11(14-15)16(19)20/h4,6,10,17H,2-3,5,7-9H2,1H3,(H,13,18). The van der Waals surface area contributed by atoms with Gasteiger partial charge in [-0.25, -0.2) is 0 Å². The molecule has 0 aliphatic rings. The number of rotatable bonds is 9. The van der Waals surface area contributed by atoms with Crippen molar-refractivity contribution in [1.82, 2.24) is 15.1 Å². The molecule has 2 N–H and O–H groups in total. The van der Waals surface area contributed by atoms with Gasteiger partial charge >= 0.3 is 5.82 Å². The Morgan fingerprint density at radius 3 is 2.90 bits per heavy atom. The third kappa shape index (κ3) is 5.35. The number of nitrogens with one attached hydrogen (secondary N) is 1. The highest BCUT2D eigenvalue weighted by molar-refractivity contribution is 5.75. The van der Waals surface area contributed by atoms with Gasteiger partial charge in [-0.1, -0.05) is 13.3 Å². The molecule has 1 unspecified atom stereocenters. The lowest BCUT2D eigenvalue weighted by Gasteiger charge is -2.15. The van der Waals surface area contributed by atoms with Crippen LogP contribution < -0.4 is 5.32 Å². The van der Waals surface area contributed by atoms with Crippen LogP contribution in [0.15, 0.2) is 12.3 Å². The van der Waals surface area contributed by atoms with Crippen molar-refractivity contribution in [2.24, 2.45) is 5.92 Å². The summed E-state index contributed by atoms with van der Waals surface area (Å²) in [6.45, 7) is 2.60. The van der Waals surface area contributed by atoms with Gasteiger partial charge in [0.25, 0.3) is 0 Å². The molecule has 1 rings (SSSR count). The maximum atomic E-state index is 11.7. The molecule has 0 aromatic carbocycles. The Hall–Kier alpha value is -1.96. The van der Waals surface area contributed by atoms with Gasteiger partial charge in [0, 0.05) is 13.2 Å². The summed E-state index contributed by atoms with van der Waals surface area (Å²) in [5.74, 6) is -0.273. The normalized spacial score (nSPS) is 12.1. The van der Waals surface area contributed by atoms with Crippen molar-refractivity contribution in [3.05, 3.63) is 22.4 Å². The van der Waals surface area contributed by atoms with Crippen LogP contribution in [0.2, 0.25) is 0 Å². The van der Waals surface area contributed by atoms with Gasteiger partial charge in [0.2, 0.25) is 5.91 Å². The van der Waals surface area contributed by atoms with E-state index in [1.165, 1.54) is 16.9 Å². The average Bonchev–Trinajstić information content (AvgIpc) is 2.85. The molecule has 8 heteroatoms. The van der Waals surface area contributed by atoms with Crippen LogP contribution in [0.3, 0.4) is 0 Å². The van der Waals surface area contributed by atoms with E-state index in [0.29, 0.717) is 13.0 Å². The molecule has 0 saturated carbocycles. The molecule has 0 bridgehead atoms. The zero-order valence-electron chi connectivity index (χ0n) is 11.5. The first-order chi connectivity index (χ1) is 9.56. The third-order valence-electron chi connectivity index (χ3n) is 2.94. The fourth-order valence-electron chi connectivity index (χ4n) is 1.94. The zero-order valence-corrected chi connectivity index (χ0v) is 11.5. The lowest BCUT2D eigenvalue weighted by atomic mass is 10.0. The van der Waals surface area contributed by atoms with Crippen LogP contribution in [0, 0.1) is 16.0 Å². The predicted molar refractivity (Wildman–Crippen MR) is 72.0 cm³/mol. The van der Waals surface area contributed by atoms with Crippen LogP contribution in [0.1, 0.15) is 26.2 Å². The van der Waals surface area contributed by atoms with E-state index in [0.717, 1.165) is 12.8 Å². The first kappa shape index (κ1) is 16.1. The van der Waals surface area contributed by atoms with E-state index in [1.807, 2.05) is 0 Å². The van der Waals surface area contributed by atoms with Crippen molar-refractivity contribution in [3.8, 4) is 0 Å². The molecule has 1 heterocycles. The molecule has 0 radical (unpaired) electrons. The Morgan fingerprint density at radius 1 is 1.60 bits per heavy atom. The van der Waals surface area contributed by atoms with Gasteiger partial charge in [-0.05, 0) is 23.7 Å². The summed E-state index contributed by atoms with van der Waals surface area (Å²) in [5, 5.41) is 25.8. The Balaban J connectivity index is 2.40. The minimum absolute atomic E-state index is 0.0498. The van der Waals surface area contributed by atoms with Gasteiger partial charge in [-0.15, -0.1) is 0 Å². The van der Waals surface area contributed by atoms with E-state index in [2.05, 4.69) is 17.3 Å². The topological polar surface area (TPSA) is 110 Å². The summed E-state index contributed by atoms with van der Waals surface area (Å²) in [6.07, 6.45) is 3.98. The smallest absolute Gasteiger partial charge is 0.389 e. The maximum absolute atomic E-state index is 11.7. The highest BCUT2D eigenvalue weighted by Crippen LogP contribution is 2.09. The summed E-state index contributed by atoms with van der Waals surface area (Å²) < 4.78 is 1.23. The van der Waals surface area contributed by atoms with E-state index < -0.39 is 4.92 Å². The molecule has 0 fully saturated rings. The summed E-state index contributed by atoms with van der Waals surface area (Å²) >= 11 is 0. The second-order valence-corrected chi connectivity index (χ2v) is 4.60. The number of hydrogen-bond acceptors (Lipinski definition) is 5. The first-order valence-electron chi connectivity index (χ1n) is 6.62. The minimum atomic E-state index is -0.604. The Morgan fingerprint density at radius 2 is 2.35 bits per heavy atom. The Labute approximate surface area is 116 Å². The van der Waals surface area contributed by atoms with Gasteiger partial charge in [-0.2, -0.15) is 4.68 Å². The van der Waals surface area contributed by atoms with Crippen molar-refractivity contribution >= 4 is 11.7 Å². The number of nitrogens with zero attached hydrogens (tertiary/aromatic N) is 3. The summed E-state index contributed by atoms with van der Waals surface area (Å²) in [5.41, 5.74) is 0. The van der Waals surface area contributed by atoms with E-state index in [-0.39, 0.29) is 30.8 Å². The first-order valence-corrected chi connectivity index (χ1v) is 6.62. The molecule has 8 nitrogen and oxygen atoms in total. The lowest BCUT2D eigenvalue weighted by Crippen LogP contribution is -2.32. The molecule has 20 heavy (non-hydrogen) atoms. The molecule has 112 valence electrons. The van der Waals surface area contributed by atoms with Crippen LogP contribution in [0.25, 0.3) is 0 Å². The molecule has 0 saturated heterocycles. The number of nitro groups is 1. The van der Waals surface area contributed by atoms with Crippen LogP contribution in [-0.4, -0.2) is 38.9 Å². The molecular weight excluding hydrogens is 264 g/mol. The average molecular weight is 284 g/mol. The van der Waals surface area contributed by atoms with Crippen LogP contribution in [0.4, 0.5) is 5.82 Å². The maximum Gasteiger partial charge on any atom is 0.389 e. The number of carbonyl (C=O) groups excluding carboxylic acids is 1. The SMILES string of the molecule is CCCC(CCO)CNC(=O)Cn1ccc([N+](=O)[O-])n1. The monoisotopic (exact) mass is 284 g/mol. The van der Waals surface area contributed by atoms with E-state index in [4.69, 9.17) is 5.11 Å². The summed E-state index contributed by atoms with van der Waals surface area (Å²) in [6, 6.07) is 1.25. The Kier molecular flexibility index (Phi) is 6.65. The molecule has 0 spiro atoms. The number of aromatic nitrogens is 2. The van der Waals surface area contributed by atoms with Crippen molar-refractivity contribution in [3.63, 3.8) is 0 Å². The molecule has 0 aliphatic carbocycles. The number of aliphatic hydroxyl groups is 1. The third-order valence-corrected chi connectivity index (χ3v) is 2.94. The molecule has 1 aromatic rings. The van der Waals surface area contributed by atoms with Gasteiger partial charge in [0.15, 0.2) is 0 Å². The van der Waals surface area contributed by atoms with E-state index >= 15 is 0 Å². The van der Waals surface area contributed by atoms with Crippen molar-refractivity contribution < 1.29 is 14.8 Å². The molecule has 1 amide bonds. The highest BCUT2D eigenvalue weighted by atomic mass is 16.6. The molecular formula is C12H20N4O4. The van der Waals surface area contributed by atoms with Crippen molar-refractivity contribution in [2.45, 2.75) is 32.7 Å². The minimum Gasteiger partial charge on any atom is -0.396 e. The summed E-state index contributed by atoms with van der Waals surface area (Å²) in [4.78, 5) is 21.6. The number of amides is 1. The number of hydrogen-bond donors (Lipinski definition) is 2. The highest BCUT2D eigenvalue weighted by Gasteiger charge is 2.14. The summed E-state index contributed by atoms with van der Waals surface area (Å²) in [7, 11) is 0. The second-order valence-electron chi connectivity index (χ2n) is 4.60. The predicted octanol–water partition coefficient (Wildman–Crippen LogP) is 0.706. The molecule has 1 aromatic heterocycles. The number of aliphatic hydroxyl groups excluding tert-OH is 1. The van der Waals surface area contributed by atoms with Crippen molar-refractivity contribution in [2.75, 3.05) is 13.2 Å². The fraction of sp³-hybridized carbons (Fsp3) is 0.667. The van der Waals surface area contributed by atoms with Gasteiger partial charge in [0.1, 0.15) is 6.54 Å². The molecule has 0 aliphatic heterocycles. The number of carbonyl (C=O) groups is 1. The van der Waals surface area contributed by atoms with Crippen molar-refractivity contribution in [1.29, 1.82) is 0 Å². The van der Waals surface area contributed by atoms with Gasteiger partial charge in [0.05, 0.1) is 17.4 Å². The molecule has 1 atom stereocenters. The van der Waals surface area contributed by atoms with E-state index in [1.54, 1.807) is 0 Å². The Bertz CT molecular complexity index is 440. The van der Waals surface area contributed by atoms with Crippen LogP contribution in [-0.2, 0) is 11.3 Å². The van der Waals surface area contributed by atoms with Crippen LogP contribution >= 0.6 is 0 Å². The van der Waals surface area contributed by atoms with Gasteiger partial charge < -0.3 is 20.5 Å². The zero-order chi connectivity index (χ0) is 15.0. The fourth-order valence-corrected chi connectivity index (χ4v) is 1.94. The largest absolute Gasteiger partial charge is 0.396 e. The van der Waals surface area contributed by atoms with Gasteiger partial charge in [-0.3, -0.25) is 4.79 Å². The van der Waals surface area contributed by atoms with E-state index in [9.17, 15) is 14.9 Å². The van der Waals surface area contributed by atoms with Crippen LogP contribution in [0.5, 0.6) is 0 Å². The second kappa shape index (κ2) is 8.26. The quantitative estimate of drug-likeness (QED) is 0.512.